The molecule has 0 N–H and O–H groups in total. The van der Waals surface area contributed by atoms with Gasteiger partial charge in [0.25, 0.3) is 0 Å². The molecule has 0 spiro atoms. The Kier molecular flexibility index (Phi) is 8.73. The third kappa shape index (κ3) is 5.65. The quantitative estimate of drug-likeness (QED) is 0.0960. The third-order valence-corrected chi connectivity index (χ3v) is 9.46. The number of pyridine rings is 1. The van der Waals surface area contributed by atoms with Crippen molar-refractivity contribution in [1.29, 1.82) is 5.26 Å². The summed E-state index contributed by atoms with van der Waals surface area (Å²) in [6, 6.07) is 42.4. The van der Waals surface area contributed by atoms with Gasteiger partial charge in [0.2, 0.25) is 0 Å². The summed E-state index contributed by atoms with van der Waals surface area (Å²) in [5.41, 5.74) is 10.2. The van der Waals surface area contributed by atoms with E-state index in [0.717, 1.165) is 61.4 Å². The van der Waals surface area contributed by atoms with Crippen molar-refractivity contribution in [2.75, 3.05) is 0 Å². The van der Waals surface area contributed by atoms with E-state index in [1.807, 2.05) is 49.4 Å². The molecule has 6 aromatic rings. The van der Waals surface area contributed by atoms with E-state index in [1.165, 1.54) is 31.2 Å². The highest BCUT2D eigenvalue weighted by atomic mass is 32.1. The van der Waals surface area contributed by atoms with Crippen molar-refractivity contribution in [3.8, 4) is 45.4 Å². The number of hydrogen-bond donors (Lipinski definition) is 0. The summed E-state index contributed by atoms with van der Waals surface area (Å²) in [4.78, 5) is 5.27. The fourth-order valence-corrected chi connectivity index (χ4v) is 7.31. The summed E-state index contributed by atoms with van der Waals surface area (Å²) < 4.78 is 2.32. The number of fused-ring (bicyclic) bond motifs is 1. The zero-order valence-electron chi connectivity index (χ0n) is 26.4. The number of benzene rings is 4. The van der Waals surface area contributed by atoms with E-state index in [-0.39, 0.29) is 0 Å². The number of nitrogens with zero attached hydrogens (tertiary/aromatic N) is 3. The van der Waals surface area contributed by atoms with E-state index < -0.39 is 0 Å². The van der Waals surface area contributed by atoms with Gasteiger partial charge in [0, 0.05) is 38.5 Å². The maximum Gasteiger partial charge on any atom is 0.149 e. The second kappa shape index (κ2) is 13.5. The molecule has 47 heavy (non-hydrogen) atoms. The molecule has 0 saturated heterocycles. The number of hydrogen-bond acceptors (Lipinski definition) is 3. The van der Waals surface area contributed by atoms with Crippen LogP contribution in [0.15, 0.2) is 133 Å². The Labute approximate surface area is 282 Å². The Morgan fingerprint density at radius 3 is 2.09 bits per heavy atom. The molecular weight excluding hydrogens is 591 g/mol. The Hall–Kier alpha value is -5.37. The first-order valence-corrected chi connectivity index (χ1v) is 16.8. The van der Waals surface area contributed by atoms with Gasteiger partial charge in [-0.1, -0.05) is 140 Å². The molecule has 2 aromatic heterocycles. The van der Waals surface area contributed by atoms with Gasteiger partial charge in [-0.05, 0) is 60.6 Å². The van der Waals surface area contributed by atoms with Gasteiger partial charge in [-0.2, -0.15) is 5.26 Å². The van der Waals surface area contributed by atoms with Crippen molar-refractivity contribution in [2.45, 2.75) is 38.5 Å². The van der Waals surface area contributed by atoms with Crippen LogP contribution in [0.25, 0.3) is 55.7 Å². The zero-order chi connectivity index (χ0) is 32.2. The second-order valence-electron chi connectivity index (χ2n) is 12.0. The highest BCUT2D eigenvalue weighted by molar-refractivity contribution is 7.79. The van der Waals surface area contributed by atoms with Crippen molar-refractivity contribution in [1.82, 2.24) is 9.55 Å². The number of aromatic nitrogens is 2. The molecule has 1 fully saturated rings. The minimum absolute atomic E-state index is 0.403. The lowest BCUT2D eigenvalue weighted by atomic mass is 9.90. The molecule has 0 aliphatic heterocycles. The maximum absolute atomic E-state index is 10.8. The first-order chi connectivity index (χ1) is 23.2. The fraction of sp³-hybridized carbons (Fsp3) is 0.140. The summed E-state index contributed by atoms with van der Waals surface area (Å²) in [7, 11) is 0. The topological polar surface area (TPSA) is 41.6 Å². The van der Waals surface area contributed by atoms with Gasteiger partial charge in [-0.15, -0.1) is 0 Å². The lowest BCUT2D eigenvalue weighted by Gasteiger charge is -2.15. The molecule has 4 aromatic carbocycles. The van der Waals surface area contributed by atoms with Crippen LogP contribution < -0.4 is 0 Å². The average molecular weight is 626 g/mol. The Bertz CT molecular complexity index is 2160. The standard InChI is InChI=1S/C43H35N3S/c1-2-3-16-35(29-47)43-40-39(42(32-21-9-5-10-22-32)46(43)36-25-11-6-12-26-36)38(31-19-7-4-8-20-31)37(28-44)45-41(40)34-24-15-23-33(27-34)30-17-13-14-18-30/h2-12,15-16,19-27,29-30H,13-14,17-18H2,1H3/b3-2-,35-16+. The Morgan fingerprint density at radius 2 is 1.45 bits per heavy atom. The summed E-state index contributed by atoms with van der Waals surface area (Å²) in [5.74, 6) is 0.545. The van der Waals surface area contributed by atoms with E-state index in [9.17, 15) is 5.26 Å². The smallest absolute Gasteiger partial charge is 0.149 e. The van der Waals surface area contributed by atoms with E-state index in [2.05, 4.69) is 102 Å². The van der Waals surface area contributed by atoms with E-state index in [0.29, 0.717) is 11.6 Å². The minimum Gasteiger partial charge on any atom is -0.308 e. The predicted octanol–water partition coefficient (Wildman–Crippen LogP) is 11.5. The fourth-order valence-electron chi connectivity index (χ4n) is 7.11. The first-order valence-electron chi connectivity index (χ1n) is 16.3. The van der Waals surface area contributed by atoms with Crippen LogP contribution in [0.3, 0.4) is 0 Å². The number of thiocarbonyl (C=S) groups is 1. The summed E-state index contributed by atoms with van der Waals surface area (Å²) >= 11 is 5.78. The molecule has 0 bridgehead atoms. The Morgan fingerprint density at radius 1 is 0.809 bits per heavy atom. The predicted molar refractivity (Wildman–Crippen MR) is 200 cm³/mol. The summed E-state index contributed by atoms with van der Waals surface area (Å²) in [6.45, 7) is 2.01. The normalized spacial score (nSPS) is 13.7. The van der Waals surface area contributed by atoms with Gasteiger partial charge in [0.15, 0.2) is 0 Å². The second-order valence-corrected chi connectivity index (χ2v) is 12.3. The van der Waals surface area contributed by atoms with Crippen molar-refractivity contribution in [3.05, 3.63) is 150 Å². The molecule has 7 rings (SSSR count). The molecule has 0 radical (unpaired) electrons. The van der Waals surface area contributed by atoms with Crippen LogP contribution in [0.4, 0.5) is 0 Å². The van der Waals surface area contributed by atoms with E-state index in [4.69, 9.17) is 17.2 Å². The average Bonchev–Trinajstić information content (AvgIpc) is 3.80. The highest BCUT2D eigenvalue weighted by Gasteiger charge is 2.30. The molecule has 2 heterocycles. The van der Waals surface area contributed by atoms with Gasteiger partial charge in [0.1, 0.15) is 11.8 Å². The number of rotatable bonds is 8. The molecule has 4 heteroatoms. The molecule has 1 aliphatic rings. The SMILES string of the molecule is C/C=C\C=C(/C=S)c1c2c(-c3cccc(C4CCCC4)c3)nc(C#N)c(-c3ccccc3)c2c(-c2ccccc2)n1-c1ccccc1. The third-order valence-electron chi connectivity index (χ3n) is 9.20. The number of allylic oxidation sites excluding steroid dienone is 4. The van der Waals surface area contributed by atoms with Crippen LogP contribution in [0, 0.1) is 11.3 Å². The van der Waals surface area contributed by atoms with Crippen LogP contribution in [-0.2, 0) is 0 Å². The van der Waals surface area contributed by atoms with Gasteiger partial charge < -0.3 is 4.57 Å². The van der Waals surface area contributed by atoms with Crippen molar-refractivity contribution >= 4 is 33.9 Å². The molecule has 228 valence electrons. The van der Waals surface area contributed by atoms with E-state index >= 15 is 0 Å². The van der Waals surface area contributed by atoms with Crippen LogP contribution in [0.5, 0.6) is 0 Å². The number of nitriles is 1. The van der Waals surface area contributed by atoms with Crippen LogP contribution in [0.2, 0.25) is 0 Å². The molecule has 3 nitrogen and oxygen atoms in total. The van der Waals surface area contributed by atoms with E-state index in [1.54, 1.807) is 5.37 Å². The maximum atomic E-state index is 10.8. The van der Waals surface area contributed by atoms with Crippen LogP contribution in [-0.4, -0.2) is 14.9 Å². The molecule has 1 saturated carbocycles. The Balaban J connectivity index is 1.74. The molecular formula is C43H35N3S. The minimum atomic E-state index is 0.403. The summed E-state index contributed by atoms with van der Waals surface area (Å²) in [6.07, 6.45) is 11.1. The van der Waals surface area contributed by atoms with Crippen LogP contribution >= 0.6 is 12.2 Å². The lowest BCUT2D eigenvalue weighted by Crippen LogP contribution is -2.03. The molecule has 0 amide bonds. The van der Waals surface area contributed by atoms with Gasteiger partial charge in [-0.25, -0.2) is 4.98 Å². The van der Waals surface area contributed by atoms with Gasteiger partial charge >= 0.3 is 0 Å². The largest absolute Gasteiger partial charge is 0.308 e. The highest BCUT2D eigenvalue weighted by Crippen LogP contribution is 2.48. The van der Waals surface area contributed by atoms with Crippen LogP contribution in [0.1, 0.15) is 55.5 Å². The van der Waals surface area contributed by atoms with Gasteiger partial charge in [-0.3, -0.25) is 0 Å². The van der Waals surface area contributed by atoms with Crippen molar-refractivity contribution < 1.29 is 0 Å². The first kappa shape index (κ1) is 30.3. The van der Waals surface area contributed by atoms with Crippen molar-refractivity contribution in [3.63, 3.8) is 0 Å². The van der Waals surface area contributed by atoms with Crippen molar-refractivity contribution in [2.24, 2.45) is 0 Å². The molecule has 1 aliphatic carbocycles. The van der Waals surface area contributed by atoms with Gasteiger partial charge in [0.05, 0.1) is 17.1 Å². The molecule has 0 atom stereocenters. The number of para-hydroxylation sites is 1. The lowest BCUT2D eigenvalue weighted by molar-refractivity contribution is 0.723. The molecule has 0 unspecified atom stereocenters. The monoisotopic (exact) mass is 625 g/mol. The summed E-state index contributed by atoms with van der Waals surface area (Å²) in [5, 5.41) is 14.5. The zero-order valence-corrected chi connectivity index (χ0v) is 27.3.